The number of aliphatic carboxylic acids is 1. The number of hydrogen-bond acceptors (Lipinski definition) is 2. The van der Waals surface area contributed by atoms with Crippen LogP contribution in [0.2, 0.25) is 0 Å². The number of nitrogens with zero attached hydrogens (tertiary/aromatic N) is 1. The van der Waals surface area contributed by atoms with Crippen molar-refractivity contribution in [1.82, 2.24) is 4.90 Å². The zero-order chi connectivity index (χ0) is 12.3. The van der Waals surface area contributed by atoms with E-state index in [9.17, 15) is 9.59 Å². The summed E-state index contributed by atoms with van der Waals surface area (Å²) in [5.41, 5.74) is 0. The van der Waals surface area contributed by atoms with Crippen LogP contribution >= 0.6 is 0 Å². The van der Waals surface area contributed by atoms with Crippen molar-refractivity contribution in [3.05, 3.63) is 0 Å². The molecule has 4 nitrogen and oxygen atoms in total. The van der Waals surface area contributed by atoms with Gasteiger partial charge in [-0.2, -0.15) is 0 Å². The standard InChI is InChI=1S/C12H21NO3/c1-8(9(2)12(15)16)11(14)13(3)10-6-4-5-7-10/h8-10H,4-7H2,1-3H3,(H,15,16). The van der Waals surface area contributed by atoms with Crippen LogP contribution in [0.5, 0.6) is 0 Å². The molecule has 0 bridgehead atoms. The van der Waals surface area contributed by atoms with E-state index in [1.54, 1.807) is 25.8 Å². The van der Waals surface area contributed by atoms with E-state index in [1.807, 2.05) is 0 Å². The summed E-state index contributed by atoms with van der Waals surface area (Å²) in [4.78, 5) is 24.6. The van der Waals surface area contributed by atoms with Crippen LogP contribution in [0.15, 0.2) is 0 Å². The molecule has 92 valence electrons. The highest BCUT2D eigenvalue weighted by molar-refractivity contribution is 5.84. The first-order valence-electron chi connectivity index (χ1n) is 5.94. The fraction of sp³-hybridized carbons (Fsp3) is 0.833. The minimum atomic E-state index is -0.902. The molecule has 2 unspecified atom stereocenters. The van der Waals surface area contributed by atoms with Crippen LogP contribution in [-0.2, 0) is 9.59 Å². The van der Waals surface area contributed by atoms with Gasteiger partial charge in [-0.05, 0) is 12.8 Å². The number of carboxylic acid groups (broad SMARTS) is 1. The Morgan fingerprint density at radius 2 is 1.69 bits per heavy atom. The van der Waals surface area contributed by atoms with Gasteiger partial charge in [0.05, 0.1) is 5.92 Å². The van der Waals surface area contributed by atoms with E-state index < -0.39 is 17.8 Å². The summed E-state index contributed by atoms with van der Waals surface area (Å²) < 4.78 is 0. The molecule has 0 aliphatic heterocycles. The zero-order valence-electron chi connectivity index (χ0n) is 10.3. The SMILES string of the molecule is CC(C(=O)O)C(C)C(=O)N(C)C1CCCC1. The van der Waals surface area contributed by atoms with Crippen molar-refractivity contribution in [3.8, 4) is 0 Å². The minimum absolute atomic E-state index is 0.0400. The molecule has 1 N–H and O–H groups in total. The van der Waals surface area contributed by atoms with Crippen molar-refractivity contribution in [2.24, 2.45) is 11.8 Å². The number of hydrogen-bond donors (Lipinski definition) is 1. The van der Waals surface area contributed by atoms with Crippen LogP contribution in [0.1, 0.15) is 39.5 Å². The van der Waals surface area contributed by atoms with Gasteiger partial charge >= 0.3 is 5.97 Å². The van der Waals surface area contributed by atoms with Crippen molar-refractivity contribution in [3.63, 3.8) is 0 Å². The maximum absolute atomic E-state index is 12.0. The first kappa shape index (κ1) is 13.0. The molecule has 1 fully saturated rings. The zero-order valence-corrected chi connectivity index (χ0v) is 10.3. The molecule has 0 spiro atoms. The lowest BCUT2D eigenvalue weighted by Crippen LogP contribution is -2.41. The molecule has 0 aromatic rings. The highest BCUT2D eigenvalue weighted by Crippen LogP contribution is 2.25. The molecule has 0 aromatic carbocycles. The van der Waals surface area contributed by atoms with Gasteiger partial charge in [0.25, 0.3) is 0 Å². The van der Waals surface area contributed by atoms with E-state index in [-0.39, 0.29) is 5.91 Å². The maximum atomic E-state index is 12.0. The van der Waals surface area contributed by atoms with E-state index in [0.29, 0.717) is 6.04 Å². The molecule has 4 heteroatoms. The van der Waals surface area contributed by atoms with Crippen molar-refractivity contribution < 1.29 is 14.7 Å². The third-order valence-electron chi connectivity index (χ3n) is 3.75. The lowest BCUT2D eigenvalue weighted by molar-refractivity contribution is -0.149. The molecule has 1 amide bonds. The highest BCUT2D eigenvalue weighted by atomic mass is 16.4. The Morgan fingerprint density at radius 3 is 2.12 bits per heavy atom. The monoisotopic (exact) mass is 227 g/mol. The smallest absolute Gasteiger partial charge is 0.307 e. The molecule has 0 aromatic heterocycles. The summed E-state index contributed by atoms with van der Waals surface area (Å²) in [7, 11) is 1.80. The summed E-state index contributed by atoms with van der Waals surface area (Å²) in [5.74, 6) is -2.00. The Labute approximate surface area is 96.6 Å². The van der Waals surface area contributed by atoms with Gasteiger partial charge < -0.3 is 10.0 Å². The van der Waals surface area contributed by atoms with E-state index in [4.69, 9.17) is 5.11 Å². The molecule has 0 saturated heterocycles. The number of carboxylic acids is 1. The Morgan fingerprint density at radius 1 is 1.19 bits per heavy atom. The van der Waals surface area contributed by atoms with Crippen molar-refractivity contribution in [1.29, 1.82) is 0 Å². The van der Waals surface area contributed by atoms with Crippen LogP contribution in [-0.4, -0.2) is 35.0 Å². The summed E-state index contributed by atoms with van der Waals surface area (Å²) in [6, 6.07) is 0.316. The van der Waals surface area contributed by atoms with Gasteiger partial charge in [-0.3, -0.25) is 9.59 Å². The lowest BCUT2D eigenvalue weighted by atomic mass is 9.94. The fourth-order valence-electron chi connectivity index (χ4n) is 2.22. The van der Waals surface area contributed by atoms with E-state index in [0.717, 1.165) is 12.8 Å². The van der Waals surface area contributed by atoms with Crippen LogP contribution in [0.3, 0.4) is 0 Å². The Kier molecular flexibility index (Phi) is 4.33. The van der Waals surface area contributed by atoms with Crippen LogP contribution < -0.4 is 0 Å². The molecular formula is C12H21NO3. The normalized spacial score (nSPS) is 20.4. The molecule has 2 atom stereocenters. The van der Waals surface area contributed by atoms with Crippen LogP contribution in [0, 0.1) is 11.8 Å². The average molecular weight is 227 g/mol. The predicted molar refractivity (Wildman–Crippen MR) is 61.0 cm³/mol. The highest BCUT2D eigenvalue weighted by Gasteiger charge is 2.31. The van der Waals surface area contributed by atoms with Gasteiger partial charge in [0, 0.05) is 19.0 Å². The van der Waals surface area contributed by atoms with Gasteiger partial charge in [-0.15, -0.1) is 0 Å². The fourth-order valence-corrected chi connectivity index (χ4v) is 2.22. The summed E-state index contributed by atoms with van der Waals surface area (Å²) in [6.45, 7) is 3.29. The second-order valence-corrected chi connectivity index (χ2v) is 4.80. The van der Waals surface area contributed by atoms with Gasteiger partial charge in [0.2, 0.25) is 5.91 Å². The maximum Gasteiger partial charge on any atom is 0.307 e. The molecule has 0 heterocycles. The summed E-state index contributed by atoms with van der Waals surface area (Å²) in [6.07, 6.45) is 4.45. The summed E-state index contributed by atoms with van der Waals surface area (Å²) >= 11 is 0. The minimum Gasteiger partial charge on any atom is -0.481 e. The Balaban J connectivity index is 2.58. The Hall–Kier alpha value is -1.06. The number of carbonyl (C=O) groups is 2. The predicted octanol–water partition coefficient (Wildman–Crippen LogP) is 1.74. The second kappa shape index (κ2) is 5.32. The first-order valence-corrected chi connectivity index (χ1v) is 5.94. The molecule has 1 rings (SSSR count). The van der Waals surface area contributed by atoms with E-state index in [2.05, 4.69) is 0 Å². The first-order chi connectivity index (χ1) is 7.45. The third-order valence-corrected chi connectivity index (χ3v) is 3.75. The topological polar surface area (TPSA) is 57.6 Å². The molecular weight excluding hydrogens is 206 g/mol. The van der Waals surface area contributed by atoms with Crippen molar-refractivity contribution in [2.45, 2.75) is 45.6 Å². The Bertz CT molecular complexity index is 271. The van der Waals surface area contributed by atoms with E-state index >= 15 is 0 Å². The van der Waals surface area contributed by atoms with Crippen LogP contribution in [0.4, 0.5) is 0 Å². The number of carbonyl (C=O) groups excluding carboxylic acids is 1. The quantitative estimate of drug-likeness (QED) is 0.796. The van der Waals surface area contributed by atoms with Gasteiger partial charge in [-0.25, -0.2) is 0 Å². The molecule has 0 radical (unpaired) electrons. The van der Waals surface area contributed by atoms with Crippen molar-refractivity contribution in [2.75, 3.05) is 7.05 Å². The van der Waals surface area contributed by atoms with Crippen molar-refractivity contribution >= 4 is 11.9 Å². The summed E-state index contributed by atoms with van der Waals surface area (Å²) in [5, 5.41) is 8.88. The number of rotatable bonds is 4. The van der Waals surface area contributed by atoms with Gasteiger partial charge in [0.15, 0.2) is 0 Å². The van der Waals surface area contributed by atoms with E-state index in [1.165, 1.54) is 12.8 Å². The largest absolute Gasteiger partial charge is 0.481 e. The van der Waals surface area contributed by atoms with Crippen LogP contribution in [0.25, 0.3) is 0 Å². The third kappa shape index (κ3) is 2.74. The molecule has 1 aliphatic carbocycles. The van der Waals surface area contributed by atoms with Gasteiger partial charge in [-0.1, -0.05) is 26.7 Å². The lowest BCUT2D eigenvalue weighted by Gasteiger charge is -2.28. The molecule has 1 saturated carbocycles. The molecule has 16 heavy (non-hydrogen) atoms. The second-order valence-electron chi connectivity index (χ2n) is 4.80. The number of amides is 1. The average Bonchev–Trinajstić information content (AvgIpc) is 2.78. The van der Waals surface area contributed by atoms with Gasteiger partial charge in [0.1, 0.15) is 0 Å². The molecule has 1 aliphatic rings.